The van der Waals surface area contributed by atoms with E-state index in [1.165, 1.54) is 44.9 Å². The van der Waals surface area contributed by atoms with Crippen molar-refractivity contribution in [2.24, 2.45) is 0 Å². The lowest BCUT2D eigenvalue weighted by molar-refractivity contribution is -0.155. The van der Waals surface area contributed by atoms with E-state index < -0.39 is 11.9 Å². The third-order valence-electron chi connectivity index (χ3n) is 4.36. The molecule has 1 aliphatic carbocycles. The molecule has 1 amide bonds. The van der Waals surface area contributed by atoms with Gasteiger partial charge in [-0.1, -0.05) is 71.1 Å². The van der Waals surface area contributed by atoms with E-state index in [2.05, 4.69) is 12.2 Å². The van der Waals surface area contributed by atoms with Gasteiger partial charge in [-0.2, -0.15) is 0 Å². The van der Waals surface area contributed by atoms with Crippen LogP contribution in [0.15, 0.2) is 0 Å². The summed E-state index contributed by atoms with van der Waals surface area (Å²) in [5.41, 5.74) is 0. The SMILES string of the molecule is CCCCCCCCCOC(=O)C(=O)NC1CCCCCC1. The van der Waals surface area contributed by atoms with Gasteiger partial charge in [-0.05, 0) is 19.3 Å². The zero-order valence-corrected chi connectivity index (χ0v) is 14.2. The van der Waals surface area contributed by atoms with Crippen molar-refractivity contribution in [2.45, 2.75) is 96.4 Å². The molecule has 1 aliphatic rings. The summed E-state index contributed by atoms with van der Waals surface area (Å²) in [6, 6.07) is 0.154. The van der Waals surface area contributed by atoms with Crippen molar-refractivity contribution >= 4 is 11.9 Å². The Morgan fingerprint density at radius 3 is 2.14 bits per heavy atom. The highest BCUT2D eigenvalue weighted by molar-refractivity contribution is 6.32. The Morgan fingerprint density at radius 1 is 0.909 bits per heavy atom. The number of amides is 1. The highest BCUT2D eigenvalue weighted by Crippen LogP contribution is 2.17. The molecule has 0 atom stereocenters. The molecule has 0 spiro atoms. The summed E-state index contributed by atoms with van der Waals surface area (Å²) in [6.45, 7) is 2.57. The second-order valence-electron chi connectivity index (χ2n) is 6.42. The number of esters is 1. The maximum Gasteiger partial charge on any atom is 0.396 e. The van der Waals surface area contributed by atoms with Crippen LogP contribution in [-0.2, 0) is 14.3 Å². The fourth-order valence-electron chi connectivity index (χ4n) is 2.96. The summed E-state index contributed by atoms with van der Waals surface area (Å²) in [6.07, 6.45) is 14.9. The Labute approximate surface area is 135 Å². The fourth-order valence-corrected chi connectivity index (χ4v) is 2.96. The Balaban J connectivity index is 2.02. The maximum atomic E-state index is 11.8. The molecule has 0 aromatic heterocycles. The van der Waals surface area contributed by atoms with Gasteiger partial charge in [0.2, 0.25) is 0 Å². The number of unbranched alkanes of at least 4 members (excludes halogenated alkanes) is 6. The zero-order valence-electron chi connectivity index (χ0n) is 14.2. The summed E-state index contributed by atoms with van der Waals surface area (Å²) in [4.78, 5) is 23.4. The number of carbonyl (C=O) groups excluding carboxylic acids is 2. The van der Waals surface area contributed by atoms with Gasteiger partial charge in [-0.3, -0.25) is 4.79 Å². The van der Waals surface area contributed by atoms with E-state index in [-0.39, 0.29) is 6.04 Å². The minimum Gasteiger partial charge on any atom is -0.459 e. The Kier molecular flexibility index (Phi) is 10.8. The standard InChI is InChI=1S/C18H33NO3/c1-2-3-4-5-6-9-12-15-22-18(21)17(20)19-16-13-10-7-8-11-14-16/h16H,2-15H2,1H3,(H,19,20). The van der Waals surface area contributed by atoms with Crippen molar-refractivity contribution in [3.05, 3.63) is 0 Å². The molecule has 0 saturated heterocycles. The maximum absolute atomic E-state index is 11.8. The number of hydrogen-bond donors (Lipinski definition) is 1. The third kappa shape index (κ3) is 9.06. The Bertz CT molecular complexity index is 309. The smallest absolute Gasteiger partial charge is 0.396 e. The van der Waals surface area contributed by atoms with E-state index in [1.807, 2.05) is 0 Å². The van der Waals surface area contributed by atoms with E-state index in [9.17, 15) is 9.59 Å². The van der Waals surface area contributed by atoms with Gasteiger partial charge >= 0.3 is 11.9 Å². The molecular weight excluding hydrogens is 278 g/mol. The van der Waals surface area contributed by atoms with Crippen LogP contribution in [0.4, 0.5) is 0 Å². The summed E-state index contributed by atoms with van der Waals surface area (Å²) in [5, 5.41) is 2.82. The monoisotopic (exact) mass is 311 g/mol. The summed E-state index contributed by atoms with van der Waals surface area (Å²) >= 11 is 0. The summed E-state index contributed by atoms with van der Waals surface area (Å²) < 4.78 is 5.05. The van der Waals surface area contributed by atoms with Crippen LogP contribution in [0.1, 0.15) is 90.4 Å². The molecule has 4 heteroatoms. The topological polar surface area (TPSA) is 55.4 Å². The second-order valence-corrected chi connectivity index (χ2v) is 6.42. The second kappa shape index (κ2) is 12.5. The Morgan fingerprint density at radius 2 is 1.50 bits per heavy atom. The zero-order chi connectivity index (χ0) is 16.0. The molecule has 0 aliphatic heterocycles. The van der Waals surface area contributed by atoms with Gasteiger partial charge in [-0.25, -0.2) is 4.79 Å². The molecular formula is C18H33NO3. The van der Waals surface area contributed by atoms with E-state index in [0.29, 0.717) is 6.61 Å². The first-order chi connectivity index (χ1) is 10.7. The largest absolute Gasteiger partial charge is 0.459 e. The summed E-state index contributed by atoms with van der Waals surface area (Å²) in [5.74, 6) is -1.27. The normalized spacial score (nSPS) is 16.0. The lowest BCUT2D eigenvalue weighted by atomic mass is 10.1. The Hall–Kier alpha value is -1.06. The van der Waals surface area contributed by atoms with E-state index in [1.54, 1.807) is 0 Å². The molecule has 0 unspecified atom stereocenters. The lowest BCUT2D eigenvalue weighted by Gasteiger charge is -2.15. The molecule has 1 fully saturated rings. The summed E-state index contributed by atoms with van der Waals surface area (Å²) in [7, 11) is 0. The van der Waals surface area contributed by atoms with Gasteiger partial charge in [0.05, 0.1) is 6.61 Å². The van der Waals surface area contributed by atoms with Gasteiger partial charge in [-0.15, -0.1) is 0 Å². The molecule has 0 aromatic rings. The molecule has 0 bridgehead atoms. The lowest BCUT2D eigenvalue weighted by Crippen LogP contribution is -2.40. The minimum absolute atomic E-state index is 0.154. The van der Waals surface area contributed by atoms with Crippen LogP contribution in [0.3, 0.4) is 0 Å². The molecule has 128 valence electrons. The number of carbonyl (C=O) groups is 2. The average Bonchev–Trinajstić information content (AvgIpc) is 2.78. The van der Waals surface area contributed by atoms with Gasteiger partial charge in [0, 0.05) is 6.04 Å². The molecule has 22 heavy (non-hydrogen) atoms. The van der Waals surface area contributed by atoms with Crippen LogP contribution in [0.25, 0.3) is 0 Å². The first-order valence-corrected chi connectivity index (χ1v) is 9.21. The number of ether oxygens (including phenoxy) is 1. The first-order valence-electron chi connectivity index (χ1n) is 9.21. The predicted octanol–water partition coefficient (Wildman–Crippen LogP) is 4.12. The molecule has 1 rings (SSSR count). The van der Waals surface area contributed by atoms with Crippen LogP contribution in [0.5, 0.6) is 0 Å². The van der Waals surface area contributed by atoms with Crippen molar-refractivity contribution in [3.8, 4) is 0 Å². The van der Waals surface area contributed by atoms with Crippen LogP contribution >= 0.6 is 0 Å². The average molecular weight is 311 g/mol. The van der Waals surface area contributed by atoms with E-state index in [0.717, 1.165) is 38.5 Å². The first kappa shape index (κ1) is 19.0. The molecule has 0 aromatic carbocycles. The number of hydrogen-bond acceptors (Lipinski definition) is 3. The number of rotatable bonds is 9. The van der Waals surface area contributed by atoms with Crippen LogP contribution < -0.4 is 5.32 Å². The van der Waals surface area contributed by atoms with Crippen molar-refractivity contribution in [3.63, 3.8) is 0 Å². The fraction of sp³-hybridized carbons (Fsp3) is 0.889. The molecule has 1 N–H and O–H groups in total. The third-order valence-corrected chi connectivity index (χ3v) is 4.36. The quantitative estimate of drug-likeness (QED) is 0.301. The van der Waals surface area contributed by atoms with Crippen molar-refractivity contribution in [1.29, 1.82) is 0 Å². The molecule has 4 nitrogen and oxygen atoms in total. The highest BCUT2D eigenvalue weighted by Gasteiger charge is 2.20. The van der Waals surface area contributed by atoms with Crippen molar-refractivity contribution in [1.82, 2.24) is 5.32 Å². The molecule has 0 heterocycles. The van der Waals surface area contributed by atoms with Gasteiger partial charge in [0.25, 0.3) is 0 Å². The van der Waals surface area contributed by atoms with Crippen LogP contribution in [0.2, 0.25) is 0 Å². The number of nitrogens with one attached hydrogen (secondary N) is 1. The highest BCUT2D eigenvalue weighted by atomic mass is 16.5. The van der Waals surface area contributed by atoms with Crippen LogP contribution in [-0.4, -0.2) is 24.5 Å². The van der Waals surface area contributed by atoms with Crippen molar-refractivity contribution in [2.75, 3.05) is 6.61 Å². The van der Waals surface area contributed by atoms with Gasteiger partial charge < -0.3 is 10.1 Å². The minimum atomic E-state index is -0.713. The van der Waals surface area contributed by atoms with Gasteiger partial charge in [0.1, 0.15) is 0 Å². The predicted molar refractivity (Wildman–Crippen MR) is 88.6 cm³/mol. The van der Waals surface area contributed by atoms with Crippen molar-refractivity contribution < 1.29 is 14.3 Å². The van der Waals surface area contributed by atoms with E-state index >= 15 is 0 Å². The van der Waals surface area contributed by atoms with Gasteiger partial charge in [0.15, 0.2) is 0 Å². The molecule has 1 saturated carbocycles. The van der Waals surface area contributed by atoms with E-state index in [4.69, 9.17) is 4.74 Å². The van der Waals surface area contributed by atoms with Crippen LogP contribution in [0, 0.1) is 0 Å². The molecule has 0 radical (unpaired) electrons.